The summed E-state index contributed by atoms with van der Waals surface area (Å²) in [5.41, 5.74) is 1.84. The summed E-state index contributed by atoms with van der Waals surface area (Å²) in [6.07, 6.45) is 2.59. The first-order valence-corrected chi connectivity index (χ1v) is 13.1. The normalized spacial score (nSPS) is 9.89. The van der Waals surface area contributed by atoms with Crippen molar-refractivity contribution in [3.05, 3.63) is 0 Å². The molecule has 0 spiro atoms. The number of hydrogen-bond donors (Lipinski definition) is 1. The SMILES string of the molecule is CC(C)[PH+](CCNCCP)C(C)C.[CH-]=O.[Cl][Mn][Br]. The number of nitrogens with one attached hydrogen (secondary N) is 1. The van der Waals surface area contributed by atoms with Crippen LogP contribution in [0.2, 0.25) is 0 Å². The van der Waals surface area contributed by atoms with E-state index in [1.807, 2.05) is 0 Å². The predicted molar refractivity (Wildman–Crippen MR) is 92.4 cm³/mol. The Morgan fingerprint density at radius 2 is 1.67 bits per heavy atom. The molecule has 1 atom stereocenters. The second kappa shape index (κ2) is 21.1. The Morgan fingerprint density at radius 3 is 1.94 bits per heavy atom. The molecule has 1 unspecified atom stereocenters. The van der Waals surface area contributed by atoms with E-state index in [1.54, 1.807) is 0 Å². The van der Waals surface area contributed by atoms with Gasteiger partial charge in [-0.15, -0.1) is 9.24 Å². The fraction of sp³-hybridized carbons (Fsp3) is 0.909. The summed E-state index contributed by atoms with van der Waals surface area (Å²) in [5.74, 6) is 0. The van der Waals surface area contributed by atoms with Crippen LogP contribution >= 0.6 is 41.4 Å². The molecule has 0 saturated carbocycles. The minimum atomic E-state index is -0.128. The van der Waals surface area contributed by atoms with Crippen molar-refractivity contribution in [1.29, 1.82) is 0 Å². The number of rotatable bonds is 7. The molecule has 18 heavy (non-hydrogen) atoms. The molecule has 0 aliphatic heterocycles. The van der Waals surface area contributed by atoms with Crippen molar-refractivity contribution in [1.82, 2.24) is 5.32 Å². The van der Waals surface area contributed by atoms with E-state index < -0.39 is 0 Å². The van der Waals surface area contributed by atoms with Gasteiger partial charge in [0.2, 0.25) is 0 Å². The van der Waals surface area contributed by atoms with E-state index in [0.717, 1.165) is 17.9 Å². The number of hydrogen-bond acceptors (Lipinski definition) is 2. The molecular formula is C11H27BrClMnNOP2. The van der Waals surface area contributed by atoms with Crippen molar-refractivity contribution in [2.75, 3.05) is 25.4 Å². The molecule has 0 bridgehead atoms. The molecule has 0 aromatic rings. The van der Waals surface area contributed by atoms with E-state index in [-0.39, 0.29) is 7.92 Å². The fourth-order valence-electron chi connectivity index (χ4n) is 1.70. The van der Waals surface area contributed by atoms with Gasteiger partial charge in [-0.2, -0.15) is 0 Å². The van der Waals surface area contributed by atoms with Crippen molar-refractivity contribution < 1.29 is 17.0 Å². The van der Waals surface area contributed by atoms with Crippen LogP contribution in [0.3, 0.4) is 0 Å². The zero-order chi connectivity index (χ0) is 15.0. The average Bonchev–Trinajstić information content (AvgIpc) is 2.31. The van der Waals surface area contributed by atoms with Crippen LogP contribution in [0.4, 0.5) is 0 Å². The maximum absolute atomic E-state index is 7.75. The summed E-state index contributed by atoms with van der Waals surface area (Å²) in [7, 11) is 7.57. The number of halogens is 2. The van der Waals surface area contributed by atoms with Crippen molar-refractivity contribution >= 4 is 48.2 Å². The summed E-state index contributed by atoms with van der Waals surface area (Å²) in [6.45, 7) is 15.1. The molecule has 0 amide bonds. The van der Waals surface area contributed by atoms with Gasteiger partial charge in [0.1, 0.15) is 0 Å². The first-order valence-electron chi connectivity index (χ1n) is 5.88. The quantitative estimate of drug-likeness (QED) is 0.223. The van der Waals surface area contributed by atoms with Crippen LogP contribution in [-0.4, -0.2) is 43.5 Å². The monoisotopic (exact) mass is 420 g/mol. The molecule has 2 nitrogen and oxygen atoms in total. The molecule has 0 aromatic heterocycles. The third kappa shape index (κ3) is 20.1. The van der Waals surface area contributed by atoms with Crippen LogP contribution in [-0.2, 0) is 17.0 Å². The first kappa shape index (κ1) is 24.8. The van der Waals surface area contributed by atoms with Crippen LogP contribution in [0.1, 0.15) is 27.7 Å². The van der Waals surface area contributed by atoms with Gasteiger partial charge in [0.25, 0.3) is 0 Å². The number of carbonyl (C=O) groups excluding carboxylic acids is 1. The zero-order valence-corrected chi connectivity index (χ0v) is 17.4. The van der Waals surface area contributed by atoms with Crippen LogP contribution in [0.25, 0.3) is 0 Å². The Kier molecular flexibility index (Phi) is 29.0. The second-order valence-corrected chi connectivity index (χ2v) is 12.2. The van der Waals surface area contributed by atoms with Crippen LogP contribution < -0.4 is 5.32 Å². The van der Waals surface area contributed by atoms with Crippen molar-refractivity contribution in [2.45, 2.75) is 39.0 Å². The van der Waals surface area contributed by atoms with Gasteiger partial charge in [-0.3, -0.25) is 6.79 Å². The molecule has 113 valence electrons. The van der Waals surface area contributed by atoms with Crippen LogP contribution in [0.15, 0.2) is 0 Å². The van der Waals surface area contributed by atoms with Gasteiger partial charge in [0, 0.05) is 14.5 Å². The topological polar surface area (TPSA) is 29.1 Å². The van der Waals surface area contributed by atoms with Crippen molar-refractivity contribution in [3.63, 3.8) is 0 Å². The maximum atomic E-state index is 7.75. The van der Waals surface area contributed by atoms with Crippen molar-refractivity contribution in [2.24, 2.45) is 0 Å². The molecule has 0 saturated heterocycles. The summed E-state index contributed by atoms with van der Waals surface area (Å²) in [4.78, 5) is 7.75. The van der Waals surface area contributed by atoms with Crippen LogP contribution in [0.5, 0.6) is 0 Å². The molecule has 1 N–H and O–H groups in total. The van der Waals surface area contributed by atoms with E-state index in [1.165, 1.54) is 18.9 Å². The van der Waals surface area contributed by atoms with Crippen molar-refractivity contribution in [3.8, 4) is 0 Å². The Balaban J connectivity index is -0.000000389. The third-order valence-corrected chi connectivity index (χ3v) is 6.48. The molecule has 0 aliphatic carbocycles. The summed E-state index contributed by atoms with van der Waals surface area (Å²) < 4.78 is 0. The summed E-state index contributed by atoms with van der Waals surface area (Å²) >= 11 is 3.29. The van der Waals surface area contributed by atoms with Gasteiger partial charge in [-0.1, -0.05) is 0 Å². The summed E-state index contributed by atoms with van der Waals surface area (Å²) in [5, 5.41) is 3.48. The molecule has 0 aromatic carbocycles. The second-order valence-electron chi connectivity index (χ2n) is 4.23. The zero-order valence-electron chi connectivity index (χ0n) is 11.7. The van der Waals surface area contributed by atoms with E-state index in [9.17, 15) is 0 Å². The molecule has 0 aliphatic rings. The molecule has 0 rings (SSSR count). The third-order valence-electron chi connectivity index (χ3n) is 2.39. The summed E-state index contributed by atoms with van der Waals surface area (Å²) in [6, 6.07) is 0. The standard InChI is InChI=1S/C10H25NP2.CHO.BrH.ClH.Mn/c1-9(2)13(10(3)4)8-6-11-5-7-12;1-2;;;/h9-11H,5-8,12H2,1-4H3;1H;2*1H;/q;-1;;;+2/p-1. The Bertz CT molecular complexity index is 151. The van der Waals surface area contributed by atoms with Gasteiger partial charge in [0.15, 0.2) is 0 Å². The van der Waals surface area contributed by atoms with Crippen LogP contribution in [0, 0.1) is 0 Å². The van der Waals surface area contributed by atoms with E-state index in [2.05, 4.69) is 63.2 Å². The molecule has 0 fully saturated rings. The van der Waals surface area contributed by atoms with E-state index >= 15 is 0 Å². The Hall–Kier alpha value is 1.78. The van der Waals surface area contributed by atoms with E-state index in [0.29, 0.717) is 12.2 Å². The molecule has 7 heteroatoms. The van der Waals surface area contributed by atoms with Gasteiger partial charge in [-0.25, -0.2) is 0 Å². The first-order chi connectivity index (χ1) is 8.51. The minimum absolute atomic E-state index is 0.128. The Morgan fingerprint density at radius 1 is 1.28 bits per heavy atom. The molecular weight excluding hydrogens is 394 g/mol. The van der Waals surface area contributed by atoms with Gasteiger partial charge < -0.3 is 10.1 Å². The van der Waals surface area contributed by atoms with Gasteiger partial charge >= 0.3 is 36.4 Å². The molecule has 0 heterocycles. The van der Waals surface area contributed by atoms with E-state index in [4.69, 9.17) is 14.9 Å². The van der Waals surface area contributed by atoms with Gasteiger partial charge in [0.05, 0.1) is 17.5 Å². The Labute approximate surface area is 134 Å². The molecule has 0 radical (unpaired) electrons. The average molecular weight is 422 g/mol. The fourth-order valence-corrected chi connectivity index (χ4v) is 4.86. The van der Waals surface area contributed by atoms with Gasteiger partial charge in [-0.05, 0) is 40.4 Å². The predicted octanol–water partition coefficient (Wildman–Crippen LogP) is 3.74.